The highest BCUT2D eigenvalue weighted by Crippen LogP contribution is 2.23. The van der Waals surface area contributed by atoms with Gasteiger partial charge in [-0.2, -0.15) is 0 Å². The molecule has 6 heteroatoms. The summed E-state index contributed by atoms with van der Waals surface area (Å²) in [7, 11) is 0. The summed E-state index contributed by atoms with van der Waals surface area (Å²) in [6.07, 6.45) is 2.29. The average Bonchev–Trinajstić information content (AvgIpc) is 2.32. The van der Waals surface area contributed by atoms with Gasteiger partial charge in [-0.05, 0) is 28.4 Å². The van der Waals surface area contributed by atoms with Gasteiger partial charge >= 0.3 is 0 Å². The van der Waals surface area contributed by atoms with Gasteiger partial charge in [0.05, 0.1) is 16.2 Å². The minimum absolute atomic E-state index is 0.0831. The van der Waals surface area contributed by atoms with E-state index in [1.54, 1.807) is 0 Å². The van der Waals surface area contributed by atoms with Crippen LogP contribution >= 0.6 is 15.9 Å². The lowest BCUT2D eigenvalue weighted by Crippen LogP contribution is -2.35. The molecule has 0 saturated carbocycles. The van der Waals surface area contributed by atoms with Crippen LogP contribution < -0.4 is 11.1 Å². The minimum atomic E-state index is -0.827. The van der Waals surface area contributed by atoms with Crippen LogP contribution in [0, 0.1) is 11.6 Å². The Bertz CT molecular complexity index is 440. The van der Waals surface area contributed by atoms with Crippen molar-refractivity contribution < 1.29 is 13.6 Å². The van der Waals surface area contributed by atoms with E-state index in [0.29, 0.717) is 12.5 Å². The molecule has 18 heavy (non-hydrogen) atoms. The smallest absolute Gasteiger partial charge is 0.241 e. The van der Waals surface area contributed by atoms with E-state index in [-0.39, 0.29) is 10.2 Å². The maximum Gasteiger partial charge on any atom is 0.241 e. The summed E-state index contributed by atoms with van der Waals surface area (Å²) in [5.41, 5.74) is 5.57. The highest BCUT2D eigenvalue weighted by molar-refractivity contribution is 9.10. The summed E-state index contributed by atoms with van der Waals surface area (Å²) in [5.74, 6) is -2.02. The van der Waals surface area contributed by atoms with Crippen molar-refractivity contribution in [3.8, 4) is 0 Å². The van der Waals surface area contributed by atoms with Crippen molar-refractivity contribution in [3.63, 3.8) is 0 Å². The second kappa shape index (κ2) is 6.80. The molecule has 1 atom stereocenters. The lowest BCUT2D eigenvalue weighted by molar-refractivity contribution is -0.117. The molecule has 0 fully saturated rings. The molecule has 100 valence electrons. The number of amides is 1. The van der Waals surface area contributed by atoms with Crippen LogP contribution in [-0.2, 0) is 4.79 Å². The third-order valence-electron chi connectivity index (χ3n) is 2.47. The zero-order valence-electron chi connectivity index (χ0n) is 9.97. The molecule has 3 nitrogen and oxygen atoms in total. The van der Waals surface area contributed by atoms with E-state index >= 15 is 0 Å². The van der Waals surface area contributed by atoms with Gasteiger partial charge in [-0.1, -0.05) is 19.8 Å². The van der Waals surface area contributed by atoms with Gasteiger partial charge in [0.25, 0.3) is 0 Å². The van der Waals surface area contributed by atoms with Crippen molar-refractivity contribution >= 4 is 27.5 Å². The highest BCUT2D eigenvalue weighted by Gasteiger charge is 2.16. The molecule has 1 rings (SSSR count). The Kier molecular flexibility index (Phi) is 5.68. The number of unbranched alkanes of at least 4 members (excludes halogenated alkanes) is 1. The van der Waals surface area contributed by atoms with Gasteiger partial charge in [-0.3, -0.25) is 4.79 Å². The van der Waals surface area contributed by atoms with Gasteiger partial charge in [-0.15, -0.1) is 0 Å². The number of benzene rings is 1. The Labute approximate surface area is 113 Å². The average molecular weight is 321 g/mol. The summed E-state index contributed by atoms with van der Waals surface area (Å²) in [5, 5.41) is 2.35. The zero-order chi connectivity index (χ0) is 13.7. The van der Waals surface area contributed by atoms with Gasteiger partial charge in [0.15, 0.2) is 0 Å². The molecule has 0 aliphatic heterocycles. The van der Waals surface area contributed by atoms with Crippen molar-refractivity contribution in [1.29, 1.82) is 0 Å². The number of carbonyl (C=O) groups is 1. The first kappa shape index (κ1) is 15.0. The minimum Gasteiger partial charge on any atom is -0.322 e. The summed E-state index contributed by atoms with van der Waals surface area (Å²) in [4.78, 5) is 11.7. The van der Waals surface area contributed by atoms with Crippen molar-refractivity contribution in [3.05, 3.63) is 28.2 Å². The highest BCUT2D eigenvalue weighted by atomic mass is 79.9. The van der Waals surface area contributed by atoms with Crippen LogP contribution in [0.25, 0.3) is 0 Å². The van der Waals surface area contributed by atoms with Crippen LogP contribution in [-0.4, -0.2) is 11.9 Å². The molecule has 1 aromatic rings. The number of nitrogens with two attached hydrogens (primary N) is 1. The van der Waals surface area contributed by atoms with Crippen molar-refractivity contribution in [2.75, 3.05) is 5.32 Å². The van der Waals surface area contributed by atoms with E-state index in [4.69, 9.17) is 5.73 Å². The summed E-state index contributed by atoms with van der Waals surface area (Å²) >= 11 is 2.92. The lowest BCUT2D eigenvalue weighted by atomic mass is 10.1. The monoisotopic (exact) mass is 320 g/mol. The summed E-state index contributed by atoms with van der Waals surface area (Å²) in [6, 6.07) is 1.19. The zero-order valence-corrected chi connectivity index (χ0v) is 11.6. The Morgan fingerprint density at radius 2 is 2.11 bits per heavy atom. The molecule has 3 N–H and O–H groups in total. The van der Waals surface area contributed by atoms with Gasteiger partial charge in [0.2, 0.25) is 5.91 Å². The quantitative estimate of drug-likeness (QED) is 0.819. The molecular formula is C12H15BrF2N2O. The topological polar surface area (TPSA) is 55.1 Å². The molecule has 0 saturated heterocycles. The Hall–Kier alpha value is -1.01. The van der Waals surface area contributed by atoms with Crippen LogP contribution in [0.5, 0.6) is 0 Å². The first-order valence-electron chi connectivity index (χ1n) is 5.66. The third kappa shape index (κ3) is 4.03. The Balaban J connectivity index is 2.72. The van der Waals surface area contributed by atoms with Crippen LogP contribution in [0.4, 0.5) is 14.5 Å². The van der Waals surface area contributed by atoms with Gasteiger partial charge in [0.1, 0.15) is 11.6 Å². The Morgan fingerprint density at radius 1 is 1.44 bits per heavy atom. The van der Waals surface area contributed by atoms with Crippen LogP contribution in [0.15, 0.2) is 16.6 Å². The van der Waals surface area contributed by atoms with E-state index in [2.05, 4.69) is 21.2 Å². The molecule has 0 heterocycles. The van der Waals surface area contributed by atoms with Crippen molar-refractivity contribution in [1.82, 2.24) is 0 Å². The van der Waals surface area contributed by atoms with E-state index in [1.807, 2.05) is 6.92 Å². The normalized spacial score (nSPS) is 12.3. The van der Waals surface area contributed by atoms with Crippen LogP contribution in [0.1, 0.15) is 26.2 Å². The van der Waals surface area contributed by atoms with E-state index in [9.17, 15) is 13.6 Å². The maximum atomic E-state index is 13.4. The molecular weight excluding hydrogens is 306 g/mol. The number of anilines is 1. The van der Waals surface area contributed by atoms with Gasteiger partial charge in [0, 0.05) is 6.07 Å². The van der Waals surface area contributed by atoms with Crippen LogP contribution in [0.2, 0.25) is 0 Å². The molecule has 0 aromatic heterocycles. The predicted molar refractivity (Wildman–Crippen MR) is 70.2 cm³/mol. The fourth-order valence-corrected chi connectivity index (χ4v) is 1.74. The molecule has 0 bridgehead atoms. The first-order chi connectivity index (χ1) is 8.45. The molecule has 0 unspecified atom stereocenters. The molecule has 0 aliphatic carbocycles. The van der Waals surface area contributed by atoms with Gasteiger partial charge < -0.3 is 11.1 Å². The molecule has 0 aliphatic rings. The number of nitrogens with one attached hydrogen (secondary N) is 1. The molecule has 0 spiro atoms. The van der Waals surface area contributed by atoms with Crippen molar-refractivity contribution in [2.45, 2.75) is 32.2 Å². The molecule has 0 radical (unpaired) electrons. The lowest BCUT2D eigenvalue weighted by Gasteiger charge is -2.12. The first-order valence-corrected chi connectivity index (χ1v) is 6.46. The fraction of sp³-hybridized carbons (Fsp3) is 0.417. The summed E-state index contributed by atoms with van der Waals surface area (Å²) in [6.45, 7) is 1.99. The number of carbonyl (C=O) groups excluding carboxylic acids is 1. The van der Waals surface area contributed by atoms with Crippen molar-refractivity contribution in [2.24, 2.45) is 5.73 Å². The van der Waals surface area contributed by atoms with E-state index < -0.39 is 23.6 Å². The Morgan fingerprint density at radius 3 is 2.72 bits per heavy atom. The maximum absolute atomic E-state index is 13.4. The number of halogens is 3. The predicted octanol–water partition coefficient (Wildman–Crippen LogP) is 3.18. The van der Waals surface area contributed by atoms with Crippen LogP contribution in [0.3, 0.4) is 0 Å². The fourth-order valence-electron chi connectivity index (χ4n) is 1.40. The molecule has 1 aromatic carbocycles. The summed E-state index contributed by atoms with van der Waals surface area (Å²) < 4.78 is 26.5. The standard InChI is InChI=1S/C12H15BrF2N2O/c1-2-3-4-10(16)12(18)17-11-5-7(13)8(14)6-9(11)15/h5-6,10H,2-4,16H2,1H3,(H,17,18)/t10-/m0/s1. The number of hydrogen-bond acceptors (Lipinski definition) is 2. The molecule has 1 amide bonds. The SMILES string of the molecule is CCCC[C@H](N)C(=O)Nc1cc(Br)c(F)cc1F. The third-order valence-corrected chi connectivity index (χ3v) is 3.08. The van der Waals surface area contributed by atoms with E-state index in [1.165, 1.54) is 6.07 Å². The number of rotatable bonds is 5. The second-order valence-electron chi connectivity index (χ2n) is 3.98. The van der Waals surface area contributed by atoms with E-state index in [0.717, 1.165) is 12.8 Å². The second-order valence-corrected chi connectivity index (χ2v) is 4.84. The van der Waals surface area contributed by atoms with Gasteiger partial charge in [-0.25, -0.2) is 8.78 Å². The largest absolute Gasteiger partial charge is 0.322 e. The number of hydrogen-bond donors (Lipinski definition) is 2.